The first-order valence-electron chi connectivity index (χ1n) is 6.19. The highest BCUT2D eigenvalue weighted by Crippen LogP contribution is 2.24. The monoisotopic (exact) mass is 286 g/mol. The summed E-state index contributed by atoms with van der Waals surface area (Å²) in [6.07, 6.45) is 0.429. The topological polar surface area (TPSA) is 49.4 Å². The molecule has 1 aromatic carbocycles. The minimum atomic E-state index is -1.14. The van der Waals surface area contributed by atoms with Crippen molar-refractivity contribution in [2.45, 2.75) is 25.8 Å². The largest absolute Gasteiger partial charge is 0.368 e. The van der Waals surface area contributed by atoms with E-state index in [-0.39, 0.29) is 13.0 Å². The van der Waals surface area contributed by atoms with E-state index in [1.165, 1.54) is 0 Å². The van der Waals surface area contributed by atoms with Gasteiger partial charge in [-0.1, -0.05) is 6.92 Å². The highest BCUT2D eigenvalue weighted by molar-refractivity contribution is 6.06. The number of nitrogens with zero attached hydrogens (tertiary/aromatic N) is 1. The highest BCUT2D eigenvalue weighted by Gasteiger charge is 2.38. The minimum absolute atomic E-state index is 0.172. The smallest absolute Gasteiger partial charge is 0.252 e. The molecule has 1 heterocycles. The molecular formula is C13H13F3N2O2. The van der Waals surface area contributed by atoms with Gasteiger partial charge in [0.15, 0.2) is 11.6 Å². The van der Waals surface area contributed by atoms with Gasteiger partial charge in [-0.05, 0) is 6.42 Å². The van der Waals surface area contributed by atoms with Crippen LogP contribution in [0.3, 0.4) is 0 Å². The molecule has 1 atom stereocenters. The van der Waals surface area contributed by atoms with E-state index in [0.29, 0.717) is 18.6 Å². The van der Waals surface area contributed by atoms with Gasteiger partial charge < -0.3 is 5.32 Å². The highest BCUT2D eigenvalue weighted by atomic mass is 19.1. The molecular weight excluding hydrogens is 273 g/mol. The molecule has 7 heteroatoms. The number of likely N-dealkylation sites (tertiary alicyclic amines) is 1. The lowest BCUT2D eigenvalue weighted by Crippen LogP contribution is -2.35. The number of hydrogen-bond acceptors (Lipinski definition) is 3. The van der Waals surface area contributed by atoms with Crippen LogP contribution in [0.4, 0.5) is 18.9 Å². The van der Waals surface area contributed by atoms with Crippen molar-refractivity contribution in [1.82, 2.24) is 4.90 Å². The van der Waals surface area contributed by atoms with Gasteiger partial charge in [0.05, 0.1) is 6.42 Å². The van der Waals surface area contributed by atoms with Crippen LogP contribution in [-0.2, 0) is 9.59 Å². The number of anilines is 1. The Bertz CT molecular complexity index is 540. The fourth-order valence-corrected chi connectivity index (χ4v) is 2.11. The molecule has 2 rings (SSSR count). The SMILES string of the molecule is CCCN1C(=O)CC(Nc2c(F)cc(F)cc2F)C1=O. The lowest BCUT2D eigenvalue weighted by Gasteiger charge is -2.15. The minimum Gasteiger partial charge on any atom is -0.368 e. The van der Waals surface area contributed by atoms with Crippen LogP contribution in [-0.4, -0.2) is 29.3 Å². The van der Waals surface area contributed by atoms with E-state index in [4.69, 9.17) is 0 Å². The third-order valence-electron chi connectivity index (χ3n) is 3.02. The van der Waals surface area contributed by atoms with Crippen LogP contribution in [0.25, 0.3) is 0 Å². The molecule has 4 nitrogen and oxygen atoms in total. The molecule has 0 bridgehead atoms. The first-order valence-corrected chi connectivity index (χ1v) is 6.19. The Hall–Kier alpha value is -2.05. The van der Waals surface area contributed by atoms with Gasteiger partial charge in [-0.15, -0.1) is 0 Å². The fraction of sp³-hybridized carbons (Fsp3) is 0.385. The van der Waals surface area contributed by atoms with Crippen LogP contribution >= 0.6 is 0 Å². The summed E-state index contributed by atoms with van der Waals surface area (Å²) >= 11 is 0. The van der Waals surface area contributed by atoms with Crippen LogP contribution in [0.5, 0.6) is 0 Å². The Kier molecular flexibility index (Phi) is 3.96. The van der Waals surface area contributed by atoms with Crippen molar-refractivity contribution in [2.24, 2.45) is 0 Å². The quantitative estimate of drug-likeness (QED) is 0.862. The molecule has 2 amide bonds. The van der Waals surface area contributed by atoms with E-state index in [0.717, 1.165) is 4.90 Å². The first-order chi connectivity index (χ1) is 9.43. The summed E-state index contributed by atoms with van der Waals surface area (Å²) in [6, 6.07) is -0.00375. The molecule has 108 valence electrons. The summed E-state index contributed by atoms with van der Waals surface area (Å²) in [6.45, 7) is 2.07. The molecule has 0 aliphatic carbocycles. The third-order valence-corrected chi connectivity index (χ3v) is 3.02. The van der Waals surface area contributed by atoms with Gasteiger partial charge in [0.25, 0.3) is 5.91 Å². The second-order valence-electron chi connectivity index (χ2n) is 4.53. The van der Waals surface area contributed by atoms with E-state index >= 15 is 0 Å². The van der Waals surface area contributed by atoms with Crippen molar-refractivity contribution in [1.29, 1.82) is 0 Å². The first kappa shape index (κ1) is 14.4. The maximum Gasteiger partial charge on any atom is 0.252 e. The molecule has 1 fully saturated rings. The van der Waals surface area contributed by atoms with Gasteiger partial charge in [-0.2, -0.15) is 0 Å². The van der Waals surface area contributed by atoms with E-state index in [1.54, 1.807) is 6.92 Å². The number of amides is 2. The second kappa shape index (κ2) is 5.52. The molecule has 1 aliphatic heterocycles. The number of carbonyl (C=O) groups excluding carboxylic acids is 2. The Labute approximate surface area is 113 Å². The normalized spacial score (nSPS) is 18.8. The van der Waals surface area contributed by atoms with Crippen molar-refractivity contribution in [3.63, 3.8) is 0 Å². The molecule has 1 N–H and O–H groups in total. The maximum absolute atomic E-state index is 13.5. The Morgan fingerprint density at radius 2 is 1.85 bits per heavy atom. The summed E-state index contributed by atoms with van der Waals surface area (Å²) in [5.41, 5.74) is -0.601. The number of carbonyl (C=O) groups is 2. The van der Waals surface area contributed by atoms with Gasteiger partial charge in [0, 0.05) is 18.7 Å². The summed E-state index contributed by atoms with van der Waals surface area (Å²) < 4.78 is 39.7. The number of hydrogen-bond donors (Lipinski definition) is 1. The lowest BCUT2D eigenvalue weighted by molar-refractivity contribution is -0.138. The van der Waals surface area contributed by atoms with Crippen molar-refractivity contribution in [3.8, 4) is 0 Å². The summed E-state index contributed by atoms with van der Waals surface area (Å²) in [7, 11) is 0. The zero-order valence-corrected chi connectivity index (χ0v) is 10.8. The summed E-state index contributed by atoms with van der Waals surface area (Å²) in [5.74, 6) is -4.25. The average Bonchev–Trinajstić information content (AvgIpc) is 2.62. The predicted octanol–water partition coefficient (Wildman–Crippen LogP) is 2.05. The van der Waals surface area contributed by atoms with Crippen molar-refractivity contribution >= 4 is 17.5 Å². The predicted molar refractivity (Wildman–Crippen MR) is 65.4 cm³/mol. The van der Waals surface area contributed by atoms with Gasteiger partial charge in [0.1, 0.15) is 17.5 Å². The van der Waals surface area contributed by atoms with Gasteiger partial charge >= 0.3 is 0 Å². The maximum atomic E-state index is 13.5. The molecule has 0 radical (unpaired) electrons. The molecule has 0 aromatic heterocycles. The van der Waals surface area contributed by atoms with E-state index in [9.17, 15) is 22.8 Å². The number of halogens is 3. The van der Waals surface area contributed by atoms with E-state index in [1.807, 2.05) is 0 Å². The van der Waals surface area contributed by atoms with Crippen LogP contribution in [0.1, 0.15) is 19.8 Å². The van der Waals surface area contributed by atoms with Gasteiger partial charge in [-0.25, -0.2) is 13.2 Å². The third kappa shape index (κ3) is 2.61. The Morgan fingerprint density at radius 1 is 1.25 bits per heavy atom. The van der Waals surface area contributed by atoms with Crippen LogP contribution < -0.4 is 5.32 Å². The molecule has 1 aliphatic rings. The number of imide groups is 1. The molecule has 0 saturated carbocycles. The average molecular weight is 286 g/mol. The summed E-state index contributed by atoms with van der Waals surface area (Å²) in [4.78, 5) is 24.6. The Morgan fingerprint density at radius 3 is 2.40 bits per heavy atom. The van der Waals surface area contributed by atoms with E-state index in [2.05, 4.69) is 5.32 Å². The molecule has 1 unspecified atom stereocenters. The second-order valence-corrected chi connectivity index (χ2v) is 4.53. The zero-order chi connectivity index (χ0) is 14.9. The Balaban J connectivity index is 2.20. The molecule has 20 heavy (non-hydrogen) atoms. The van der Waals surface area contributed by atoms with Gasteiger partial charge in [0.2, 0.25) is 5.91 Å². The lowest BCUT2D eigenvalue weighted by atomic mass is 10.2. The number of benzene rings is 1. The van der Waals surface area contributed by atoms with Crippen molar-refractivity contribution < 1.29 is 22.8 Å². The van der Waals surface area contributed by atoms with Crippen molar-refractivity contribution in [2.75, 3.05) is 11.9 Å². The number of rotatable bonds is 4. The van der Waals surface area contributed by atoms with Crippen LogP contribution in [0.15, 0.2) is 12.1 Å². The molecule has 0 spiro atoms. The van der Waals surface area contributed by atoms with E-state index < -0.39 is 41.0 Å². The fourth-order valence-electron chi connectivity index (χ4n) is 2.11. The zero-order valence-electron chi connectivity index (χ0n) is 10.8. The van der Waals surface area contributed by atoms with Crippen molar-refractivity contribution in [3.05, 3.63) is 29.6 Å². The molecule has 1 aromatic rings. The summed E-state index contributed by atoms with van der Waals surface area (Å²) in [5, 5.41) is 2.34. The molecule has 1 saturated heterocycles. The van der Waals surface area contributed by atoms with Crippen LogP contribution in [0.2, 0.25) is 0 Å². The number of nitrogens with one attached hydrogen (secondary N) is 1. The standard InChI is InChI=1S/C13H13F3N2O2/c1-2-3-18-11(19)6-10(13(18)20)17-12-8(15)4-7(14)5-9(12)16/h4-5,10,17H,2-3,6H2,1H3. The van der Waals surface area contributed by atoms with Gasteiger partial charge in [-0.3, -0.25) is 14.5 Å². The van der Waals surface area contributed by atoms with Crippen LogP contribution in [0, 0.1) is 17.5 Å².